The van der Waals surface area contributed by atoms with Crippen LogP contribution in [0.2, 0.25) is 0 Å². The van der Waals surface area contributed by atoms with Crippen molar-refractivity contribution in [3.63, 3.8) is 0 Å². The zero-order chi connectivity index (χ0) is 15.9. The highest BCUT2D eigenvalue weighted by molar-refractivity contribution is 5.76. The van der Waals surface area contributed by atoms with Crippen molar-refractivity contribution in [2.75, 3.05) is 13.1 Å². The van der Waals surface area contributed by atoms with Crippen LogP contribution < -0.4 is 0 Å². The van der Waals surface area contributed by atoms with Crippen LogP contribution in [0.5, 0.6) is 5.75 Å². The summed E-state index contributed by atoms with van der Waals surface area (Å²) in [5, 5.41) is 26.2. The molecule has 22 heavy (non-hydrogen) atoms. The summed E-state index contributed by atoms with van der Waals surface area (Å²) < 4.78 is 0. The molecule has 1 unspecified atom stereocenters. The van der Waals surface area contributed by atoms with Gasteiger partial charge in [0.2, 0.25) is 5.91 Å². The molecule has 2 rings (SSSR count). The van der Waals surface area contributed by atoms with Crippen molar-refractivity contribution >= 4 is 5.91 Å². The third kappa shape index (κ3) is 4.33. The maximum atomic E-state index is 12.2. The molecule has 6 heteroatoms. The van der Waals surface area contributed by atoms with Crippen LogP contribution in [-0.2, 0) is 11.2 Å². The van der Waals surface area contributed by atoms with Crippen molar-refractivity contribution in [1.29, 1.82) is 0 Å². The van der Waals surface area contributed by atoms with E-state index in [1.54, 1.807) is 35.5 Å². The van der Waals surface area contributed by atoms with E-state index in [1.807, 2.05) is 6.92 Å². The number of hydrogen-bond donors (Lipinski definition) is 3. The molecule has 2 aromatic rings. The lowest BCUT2D eigenvalue weighted by Gasteiger charge is -2.24. The molecule has 118 valence electrons. The molecule has 0 bridgehead atoms. The van der Waals surface area contributed by atoms with Crippen LogP contribution in [0.4, 0.5) is 0 Å². The molecule has 0 saturated carbocycles. The Morgan fingerprint density at radius 1 is 1.45 bits per heavy atom. The Kier molecular flexibility index (Phi) is 5.55. The Labute approximate surface area is 129 Å². The first-order valence-corrected chi connectivity index (χ1v) is 7.32. The Morgan fingerprint density at radius 2 is 2.27 bits per heavy atom. The van der Waals surface area contributed by atoms with Gasteiger partial charge in [0.05, 0.1) is 18.8 Å². The number of aryl methyl sites for hydroxylation is 1. The molecule has 6 nitrogen and oxygen atoms in total. The van der Waals surface area contributed by atoms with Gasteiger partial charge in [-0.15, -0.1) is 0 Å². The van der Waals surface area contributed by atoms with Gasteiger partial charge in [0.25, 0.3) is 0 Å². The van der Waals surface area contributed by atoms with E-state index in [9.17, 15) is 15.0 Å². The summed E-state index contributed by atoms with van der Waals surface area (Å²) in [5.41, 5.74) is 1.58. The van der Waals surface area contributed by atoms with Crippen LogP contribution in [0.25, 0.3) is 0 Å². The minimum absolute atomic E-state index is 0.0112. The smallest absolute Gasteiger partial charge is 0.222 e. The minimum Gasteiger partial charge on any atom is -0.508 e. The van der Waals surface area contributed by atoms with Gasteiger partial charge in [0.1, 0.15) is 5.75 Å². The second-order valence-corrected chi connectivity index (χ2v) is 5.15. The zero-order valence-corrected chi connectivity index (χ0v) is 12.6. The number of aromatic hydroxyl groups is 1. The molecular formula is C16H21N3O3. The minimum atomic E-state index is -0.815. The molecule has 1 heterocycles. The van der Waals surface area contributed by atoms with E-state index in [0.717, 1.165) is 5.56 Å². The topological polar surface area (TPSA) is 89.4 Å². The molecular weight excluding hydrogens is 282 g/mol. The average Bonchev–Trinajstić information content (AvgIpc) is 3.03. The number of phenols is 1. The van der Waals surface area contributed by atoms with E-state index in [-0.39, 0.29) is 18.2 Å². The number of carbonyl (C=O) groups excluding carboxylic acids is 1. The number of amides is 1. The lowest BCUT2D eigenvalue weighted by molar-refractivity contribution is -0.132. The van der Waals surface area contributed by atoms with Gasteiger partial charge in [0.15, 0.2) is 0 Å². The van der Waals surface area contributed by atoms with Gasteiger partial charge in [0, 0.05) is 19.2 Å². The molecule has 0 saturated heterocycles. The lowest BCUT2D eigenvalue weighted by atomic mass is 10.1. The second kappa shape index (κ2) is 7.61. The number of rotatable bonds is 7. The molecule has 1 aromatic carbocycles. The van der Waals surface area contributed by atoms with Gasteiger partial charge in [-0.1, -0.05) is 12.1 Å². The van der Waals surface area contributed by atoms with Crippen LogP contribution in [0.1, 0.15) is 30.6 Å². The highest BCUT2D eigenvalue weighted by atomic mass is 16.3. The molecule has 0 aliphatic rings. The van der Waals surface area contributed by atoms with Crippen LogP contribution in [-0.4, -0.2) is 44.3 Å². The quantitative estimate of drug-likeness (QED) is 0.725. The largest absolute Gasteiger partial charge is 0.508 e. The Balaban J connectivity index is 1.91. The maximum Gasteiger partial charge on any atom is 0.222 e. The summed E-state index contributed by atoms with van der Waals surface area (Å²) in [5.74, 6) is 0.0915. The number of carbonyl (C=O) groups is 1. The summed E-state index contributed by atoms with van der Waals surface area (Å²) in [7, 11) is 0. The number of aromatic amines is 1. The number of aliphatic hydroxyl groups excluding tert-OH is 1. The fraction of sp³-hybridized carbons (Fsp3) is 0.375. The van der Waals surface area contributed by atoms with Crippen LogP contribution in [0, 0.1) is 0 Å². The Bertz CT molecular complexity index is 598. The van der Waals surface area contributed by atoms with Crippen LogP contribution >= 0.6 is 0 Å². The fourth-order valence-corrected chi connectivity index (χ4v) is 2.28. The first kappa shape index (κ1) is 16.0. The summed E-state index contributed by atoms with van der Waals surface area (Å²) in [6, 6.07) is 6.46. The molecule has 3 N–H and O–H groups in total. The van der Waals surface area contributed by atoms with Gasteiger partial charge < -0.3 is 15.1 Å². The van der Waals surface area contributed by atoms with Gasteiger partial charge in [-0.3, -0.25) is 9.89 Å². The van der Waals surface area contributed by atoms with E-state index < -0.39 is 6.10 Å². The van der Waals surface area contributed by atoms with Crippen molar-refractivity contribution < 1.29 is 15.0 Å². The normalized spacial score (nSPS) is 12.1. The van der Waals surface area contributed by atoms with Crippen LogP contribution in [0.3, 0.4) is 0 Å². The monoisotopic (exact) mass is 303 g/mol. The number of benzene rings is 1. The number of H-pyrrole nitrogens is 1. The third-order valence-corrected chi connectivity index (χ3v) is 3.57. The lowest BCUT2D eigenvalue weighted by Crippen LogP contribution is -2.34. The highest BCUT2D eigenvalue weighted by Crippen LogP contribution is 2.19. The van der Waals surface area contributed by atoms with Crippen molar-refractivity contribution in [1.82, 2.24) is 15.1 Å². The summed E-state index contributed by atoms with van der Waals surface area (Å²) in [6.45, 7) is 2.62. The van der Waals surface area contributed by atoms with E-state index in [2.05, 4.69) is 10.2 Å². The number of aromatic nitrogens is 2. The van der Waals surface area contributed by atoms with E-state index in [1.165, 1.54) is 6.07 Å². The van der Waals surface area contributed by atoms with Gasteiger partial charge in [-0.25, -0.2) is 0 Å². The molecule has 0 radical (unpaired) electrons. The summed E-state index contributed by atoms with van der Waals surface area (Å²) in [4.78, 5) is 13.9. The van der Waals surface area contributed by atoms with Crippen molar-refractivity contribution in [3.8, 4) is 5.75 Å². The summed E-state index contributed by atoms with van der Waals surface area (Å²) in [6.07, 6.45) is 3.65. The predicted molar refractivity (Wildman–Crippen MR) is 82.2 cm³/mol. The van der Waals surface area contributed by atoms with E-state index in [0.29, 0.717) is 24.9 Å². The molecule has 0 aliphatic carbocycles. The summed E-state index contributed by atoms with van der Waals surface area (Å²) >= 11 is 0. The second-order valence-electron chi connectivity index (χ2n) is 5.15. The van der Waals surface area contributed by atoms with E-state index >= 15 is 0 Å². The van der Waals surface area contributed by atoms with Crippen molar-refractivity contribution in [3.05, 3.63) is 47.8 Å². The van der Waals surface area contributed by atoms with Gasteiger partial charge in [-0.2, -0.15) is 5.10 Å². The number of phenolic OH excluding ortho intramolecular Hbond substituents is 1. The predicted octanol–water partition coefficient (Wildman–Crippen LogP) is 1.63. The van der Waals surface area contributed by atoms with E-state index in [4.69, 9.17) is 0 Å². The zero-order valence-electron chi connectivity index (χ0n) is 12.6. The van der Waals surface area contributed by atoms with Crippen molar-refractivity contribution in [2.45, 2.75) is 25.9 Å². The average molecular weight is 303 g/mol. The molecule has 1 amide bonds. The number of nitrogens with one attached hydrogen (secondary N) is 1. The van der Waals surface area contributed by atoms with Crippen molar-refractivity contribution in [2.24, 2.45) is 0 Å². The molecule has 0 spiro atoms. The molecule has 0 fully saturated rings. The standard InChI is InChI=1S/C16H21N3O3/c1-2-19(16(22)7-6-12-9-17-18-10-12)11-15(21)13-4-3-5-14(20)8-13/h3-5,8-10,15,20-21H,2,6-7,11H2,1H3,(H,17,18). The van der Waals surface area contributed by atoms with Gasteiger partial charge in [-0.05, 0) is 36.6 Å². The fourth-order valence-electron chi connectivity index (χ4n) is 2.28. The van der Waals surface area contributed by atoms with Crippen LogP contribution in [0.15, 0.2) is 36.7 Å². The maximum absolute atomic E-state index is 12.2. The third-order valence-electron chi connectivity index (χ3n) is 3.57. The molecule has 0 aliphatic heterocycles. The Morgan fingerprint density at radius 3 is 2.91 bits per heavy atom. The highest BCUT2D eigenvalue weighted by Gasteiger charge is 2.17. The number of aliphatic hydroxyl groups is 1. The number of likely N-dealkylation sites (N-methyl/N-ethyl adjacent to an activating group) is 1. The van der Waals surface area contributed by atoms with Gasteiger partial charge >= 0.3 is 0 Å². The first-order chi connectivity index (χ1) is 10.6. The molecule has 1 atom stereocenters. The SMILES string of the molecule is CCN(CC(O)c1cccc(O)c1)C(=O)CCc1cn[nH]c1. The number of nitrogens with zero attached hydrogens (tertiary/aromatic N) is 2. The first-order valence-electron chi connectivity index (χ1n) is 7.32. The Hall–Kier alpha value is -2.34. The number of hydrogen-bond acceptors (Lipinski definition) is 4. The molecule has 1 aromatic heterocycles.